The Bertz CT molecular complexity index is 603. The van der Waals surface area contributed by atoms with Crippen molar-refractivity contribution in [2.75, 3.05) is 0 Å². The van der Waals surface area contributed by atoms with E-state index >= 15 is 0 Å². The van der Waals surface area contributed by atoms with Gasteiger partial charge in [0.25, 0.3) is 11.3 Å². The molecule has 0 bridgehead atoms. The number of nitrogens with one attached hydrogen (secondary N) is 1. The van der Waals surface area contributed by atoms with Crippen molar-refractivity contribution in [3.8, 4) is 0 Å². The molecule has 2 aromatic heterocycles. The van der Waals surface area contributed by atoms with Crippen LogP contribution in [-0.2, 0) is 6.54 Å². The molecule has 0 radical (unpaired) electrons. The van der Waals surface area contributed by atoms with Crippen molar-refractivity contribution in [1.29, 1.82) is 0 Å². The number of aromatic amines is 1. The standard InChI is InChI=1S/C7H7N7O/c1-4-2-6(15)14-7(10-4)11-5(12-14)3-9-13-8/h2H,3H2,1H3,(H,10,11,12). The van der Waals surface area contributed by atoms with Crippen molar-refractivity contribution >= 4 is 5.78 Å². The fourth-order valence-corrected chi connectivity index (χ4v) is 1.21. The topological polar surface area (TPSA) is 112 Å². The molecule has 0 aliphatic heterocycles. The Balaban J connectivity index is 2.60. The monoisotopic (exact) mass is 205 g/mol. The Morgan fingerprint density at radius 3 is 3.20 bits per heavy atom. The second kappa shape index (κ2) is 3.43. The van der Waals surface area contributed by atoms with Gasteiger partial charge in [-0.05, 0) is 12.5 Å². The van der Waals surface area contributed by atoms with E-state index in [9.17, 15) is 4.79 Å². The third-order valence-corrected chi connectivity index (χ3v) is 1.79. The Morgan fingerprint density at radius 1 is 1.67 bits per heavy atom. The fraction of sp³-hybridized carbons (Fsp3) is 0.286. The summed E-state index contributed by atoms with van der Waals surface area (Å²) >= 11 is 0. The Labute approximate surface area is 83.2 Å². The number of hydrogen-bond acceptors (Lipinski definition) is 4. The summed E-state index contributed by atoms with van der Waals surface area (Å²) in [5.41, 5.74) is 8.49. The van der Waals surface area contributed by atoms with Gasteiger partial charge in [-0.25, -0.2) is 4.98 Å². The van der Waals surface area contributed by atoms with E-state index in [0.717, 1.165) is 0 Å². The normalized spacial score (nSPS) is 10.2. The van der Waals surface area contributed by atoms with E-state index in [2.05, 4.69) is 25.1 Å². The van der Waals surface area contributed by atoms with Gasteiger partial charge in [0.2, 0.25) is 0 Å². The van der Waals surface area contributed by atoms with E-state index in [0.29, 0.717) is 11.5 Å². The average molecular weight is 205 g/mol. The number of aromatic nitrogens is 4. The summed E-state index contributed by atoms with van der Waals surface area (Å²) in [6, 6.07) is 1.39. The number of fused-ring (bicyclic) bond motifs is 1. The van der Waals surface area contributed by atoms with Crippen molar-refractivity contribution in [3.63, 3.8) is 0 Å². The molecule has 0 aromatic carbocycles. The summed E-state index contributed by atoms with van der Waals surface area (Å²) in [5, 5.41) is 6.02. The summed E-state index contributed by atoms with van der Waals surface area (Å²) < 4.78 is 1.20. The smallest absolute Gasteiger partial charge is 0.274 e. The molecule has 0 saturated carbocycles. The maximum absolute atomic E-state index is 11.4. The lowest BCUT2D eigenvalue weighted by Gasteiger charge is -1.90. The second-order valence-electron chi connectivity index (χ2n) is 2.93. The highest BCUT2D eigenvalue weighted by Gasteiger charge is 2.04. The largest absolute Gasteiger partial charge is 0.275 e. The first kappa shape index (κ1) is 9.22. The summed E-state index contributed by atoms with van der Waals surface area (Å²) in [7, 11) is 0. The second-order valence-corrected chi connectivity index (χ2v) is 2.93. The molecule has 0 fully saturated rings. The third kappa shape index (κ3) is 1.65. The lowest BCUT2D eigenvalue weighted by molar-refractivity contribution is 0.836. The van der Waals surface area contributed by atoms with Crippen molar-refractivity contribution in [2.45, 2.75) is 13.5 Å². The molecule has 0 spiro atoms. The highest BCUT2D eigenvalue weighted by atomic mass is 16.1. The molecule has 1 N–H and O–H groups in total. The van der Waals surface area contributed by atoms with Gasteiger partial charge in [-0.2, -0.15) is 9.50 Å². The number of nitrogens with zero attached hydrogens (tertiary/aromatic N) is 6. The van der Waals surface area contributed by atoms with E-state index in [4.69, 9.17) is 5.53 Å². The van der Waals surface area contributed by atoms with Gasteiger partial charge < -0.3 is 0 Å². The Hall–Kier alpha value is -2.34. The molecule has 0 saturated heterocycles. The van der Waals surface area contributed by atoms with E-state index in [-0.39, 0.29) is 17.9 Å². The van der Waals surface area contributed by atoms with Crippen LogP contribution in [0.2, 0.25) is 0 Å². The number of azide groups is 1. The third-order valence-electron chi connectivity index (χ3n) is 1.79. The zero-order valence-corrected chi connectivity index (χ0v) is 7.88. The van der Waals surface area contributed by atoms with Crippen molar-refractivity contribution in [3.05, 3.63) is 38.4 Å². The maximum Gasteiger partial charge on any atom is 0.274 e. The molecule has 2 heterocycles. The van der Waals surface area contributed by atoms with Crippen LogP contribution in [0.4, 0.5) is 0 Å². The van der Waals surface area contributed by atoms with Gasteiger partial charge in [0.05, 0.1) is 6.54 Å². The van der Waals surface area contributed by atoms with E-state index in [1.165, 1.54) is 10.6 Å². The van der Waals surface area contributed by atoms with Gasteiger partial charge in [0, 0.05) is 16.7 Å². The quantitative estimate of drug-likeness (QED) is 0.438. The van der Waals surface area contributed by atoms with Crippen LogP contribution in [0.1, 0.15) is 11.5 Å². The van der Waals surface area contributed by atoms with Crippen LogP contribution >= 0.6 is 0 Å². The van der Waals surface area contributed by atoms with Gasteiger partial charge in [-0.15, -0.1) is 0 Å². The lowest BCUT2D eigenvalue weighted by atomic mass is 10.5. The first-order chi connectivity index (χ1) is 7.20. The van der Waals surface area contributed by atoms with Crippen LogP contribution in [0, 0.1) is 6.92 Å². The molecule has 0 amide bonds. The SMILES string of the molecule is Cc1cc(=O)n2[nH]c(CN=[N+]=[N-])nc2n1. The Kier molecular flexibility index (Phi) is 2.11. The van der Waals surface area contributed by atoms with Crippen LogP contribution in [0.5, 0.6) is 0 Å². The number of H-pyrrole nitrogens is 1. The van der Waals surface area contributed by atoms with Crippen LogP contribution < -0.4 is 5.56 Å². The summed E-state index contributed by atoms with van der Waals surface area (Å²) in [4.78, 5) is 22.1. The molecule has 8 nitrogen and oxygen atoms in total. The van der Waals surface area contributed by atoms with Crippen LogP contribution in [-0.4, -0.2) is 19.6 Å². The minimum Gasteiger partial charge on any atom is -0.275 e. The predicted molar refractivity (Wildman–Crippen MR) is 51.2 cm³/mol. The van der Waals surface area contributed by atoms with Crippen LogP contribution in [0.15, 0.2) is 16.0 Å². The van der Waals surface area contributed by atoms with Crippen LogP contribution in [0.3, 0.4) is 0 Å². The minimum absolute atomic E-state index is 0.0678. The van der Waals surface area contributed by atoms with Crippen molar-refractivity contribution < 1.29 is 0 Å². The number of rotatable bonds is 2. The van der Waals surface area contributed by atoms with Crippen LogP contribution in [0.25, 0.3) is 16.2 Å². The first-order valence-corrected chi connectivity index (χ1v) is 4.17. The lowest BCUT2D eigenvalue weighted by Crippen LogP contribution is -2.14. The van der Waals surface area contributed by atoms with Gasteiger partial charge >= 0.3 is 0 Å². The predicted octanol–water partition coefficient (Wildman–Crippen LogP) is 0.536. The van der Waals surface area contributed by atoms with Crippen molar-refractivity contribution in [1.82, 2.24) is 19.6 Å². The Morgan fingerprint density at radius 2 is 2.47 bits per heavy atom. The number of hydrogen-bond donors (Lipinski definition) is 1. The molecule has 0 atom stereocenters. The van der Waals surface area contributed by atoms with Gasteiger partial charge in [-0.3, -0.25) is 9.89 Å². The molecular weight excluding hydrogens is 198 g/mol. The summed E-state index contributed by atoms with van der Waals surface area (Å²) in [6.07, 6.45) is 0. The molecule has 0 aliphatic rings. The molecule has 0 aliphatic carbocycles. The average Bonchev–Trinajstić information content (AvgIpc) is 2.57. The van der Waals surface area contributed by atoms with E-state index in [1.807, 2.05) is 0 Å². The molecule has 76 valence electrons. The molecule has 0 unspecified atom stereocenters. The van der Waals surface area contributed by atoms with Gasteiger partial charge in [0.1, 0.15) is 5.82 Å². The molecule has 8 heteroatoms. The highest BCUT2D eigenvalue weighted by Crippen LogP contribution is 1.97. The minimum atomic E-state index is -0.239. The molecule has 15 heavy (non-hydrogen) atoms. The number of aryl methyl sites for hydroxylation is 1. The van der Waals surface area contributed by atoms with E-state index in [1.54, 1.807) is 6.92 Å². The molecular formula is C7H7N7O. The maximum atomic E-state index is 11.4. The van der Waals surface area contributed by atoms with Gasteiger partial charge in [-0.1, -0.05) is 5.11 Å². The summed E-state index contributed by atoms with van der Waals surface area (Å²) in [6.45, 7) is 1.78. The highest BCUT2D eigenvalue weighted by molar-refractivity contribution is 5.27. The molecule has 2 rings (SSSR count). The zero-order chi connectivity index (χ0) is 10.8. The first-order valence-electron chi connectivity index (χ1n) is 4.17. The van der Waals surface area contributed by atoms with E-state index < -0.39 is 0 Å². The fourth-order valence-electron chi connectivity index (χ4n) is 1.21. The molecule has 2 aromatic rings. The van der Waals surface area contributed by atoms with Crippen molar-refractivity contribution in [2.24, 2.45) is 5.11 Å². The van der Waals surface area contributed by atoms with Gasteiger partial charge in [0.15, 0.2) is 0 Å². The summed E-state index contributed by atoms with van der Waals surface area (Å²) in [5.74, 6) is 0.686. The zero-order valence-electron chi connectivity index (χ0n) is 7.88.